The van der Waals surface area contributed by atoms with Gasteiger partial charge in [-0.3, -0.25) is 0 Å². The lowest BCUT2D eigenvalue weighted by atomic mass is 9.89. The SMILES string of the molecule is CC=CC1CCC(c2ccc(-c3ccc(-c4ccc(CCC)c(F)c4F)cc3)c(F)c2F)CO1. The van der Waals surface area contributed by atoms with Crippen LogP contribution < -0.4 is 0 Å². The van der Waals surface area contributed by atoms with Crippen molar-refractivity contribution < 1.29 is 22.3 Å². The Morgan fingerprint density at radius 2 is 1.41 bits per heavy atom. The maximum absolute atomic E-state index is 15.0. The van der Waals surface area contributed by atoms with Crippen molar-refractivity contribution in [2.75, 3.05) is 6.61 Å². The number of ether oxygens (including phenoxy) is 1. The molecular formula is C29H28F4O. The highest BCUT2D eigenvalue weighted by Crippen LogP contribution is 2.35. The second-order valence-corrected chi connectivity index (χ2v) is 8.73. The lowest BCUT2D eigenvalue weighted by molar-refractivity contribution is 0.0317. The van der Waals surface area contributed by atoms with E-state index >= 15 is 4.39 Å². The van der Waals surface area contributed by atoms with Crippen molar-refractivity contribution >= 4 is 0 Å². The van der Waals surface area contributed by atoms with Crippen LogP contribution in [0.3, 0.4) is 0 Å². The minimum absolute atomic E-state index is 0.0214. The molecule has 34 heavy (non-hydrogen) atoms. The van der Waals surface area contributed by atoms with Crippen molar-refractivity contribution in [3.05, 3.63) is 95.1 Å². The molecule has 0 amide bonds. The normalized spacial score (nSPS) is 18.5. The predicted octanol–water partition coefficient (Wildman–Crippen LogP) is 8.37. The Labute approximate surface area is 198 Å². The van der Waals surface area contributed by atoms with Gasteiger partial charge >= 0.3 is 0 Å². The van der Waals surface area contributed by atoms with Gasteiger partial charge in [0, 0.05) is 17.0 Å². The molecule has 1 heterocycles. The van der Waals surface area contributed by atoms with Crippen LogP contribution in [0.5, 0.6) is 0 Å². The highest BCUT2D eigenvalue weighted by Gasteiger charge is 2.26. The number of aryl methyl sites for hydroxylation is 1. The highest BCUT2D eigenvalue weighted by atomic mass is 19.2. The van der Waals surface area contributed by atoms with Gasteiger partial charge in [0.15, 0.2) is 23.3 Å². The third kappa shape index (κ3) is 4.80. The summed E-state index contributed by atoms with van der Waals surface area (Å²) in [6.45, 7) is 4.17. The van der Waals surface area contributed by atoms with Crippen molar-refractivity contribution in [2.45, 2.75) is 51.6 Å². The molecule has 1 fully saturated rings. The fourth-order valence-electron chi connectivity index (χ4n) is 4.59. The molecule has 178 valence electrons. The van der Waals surface area contributed by atoms with Gasteiger partial charge in [0.2, 0.25) is 0 Å². The summed E-state index contributed by atoms with van der Waals surface area (Å²) in [6.07, 6.45) is 6.58. The number of allylic oxidation sites excluding steroid dienone is 1. The molecule has 1 saturated heterocycles. The summed E-state index contributed by atoms with van der Waals surface area (Å²) in [4.78, 5) is 0. The van der Waals surface area contributed by atoms with Crippen molar-refractivity contribution in [3.8, 4) is 22.3 Å². The first kappa shape index (κ1) is 24.2. The first-order valence-electron chi connectivity index (χ1n) is 11.7. The third-order valence-corrected chi connectivity index (χ3v) is 6.46. The molecule has 4 rings (SSSR count). The van der Waals surface area contributed by atoms with Crippen LogP contribution in [0.1, 0.15) is 50.2 Å². The van der Waals surface area contributed by atoms with E-state index < -0.39 is 23.3 Å². The van der Waals surface area contributed by atoms with Gasteiger partial charge in [0.25, 0.3) is 0 Å². The lowest BCUT2D eigenvalue weighted by Crippen LogP contribution is -2.24. The van der Waals surface area contributed by atoms with Gasteiger partial charge in [-0.1, -0.05) is 74.0 Å². The monoisotopic (exact) mass is 468 g/mol. The van der Waals surface area contributed by atoms with E-state index in [-0.39, 0.29) is 23.1 Å². The highest BCUT2D eigenvalue weighted by molar-refractivity contribution is 5.71. The van der Waals surface area contributed by atoms with E-state index in [2.05, 4.69) is 0 Å². The molecule has 5 heteroatoms. The van der Waals surface area contributed by atoms with Gasteiger partial charge in [0.05, 0.1) is 12.7 Å². The molecule has 0 radical (unpaired) electrons. The summed E-state index contributed by atoms with van der Waals surface area (Å²) in [5, 5.41) is 0. The maximum Gasteiger partial charge on any atom is 0.166 e. The molecule has 0 bridgehead atoms. The van der Waals surface area contributed by atoms with Gasteiger partial charge in [-0.15, -0.1) is 0 Å². The van der Waals surface area contributed by atoms with E-state index in [1.807, 2.05) is 26.0 Å². The summed E-state index contributed by atoms with van der Waals surface area (Å²) < 4.78 is 64.7. The van der Waals surface area contributed by atoms with Crippen LogP contribution in [0, 0.1) is 23.3 Å². The molecule has 2 unspecified atom stereocenters. The van der Waals surface area contributed by atoms with E-state index in [1.54, 1.807) is 48.5 Å². The van der Waals surface area contributed by atoms with Gasteiger partial charge in [0.1, 0.15) is 0 Å². The Kier molecular flexibility index (Phi) is 7.52. The van der Waals surface area contributed by atoms with Gasteiger partial charge < -0.3 is 4.74 Å². The van der Waals surface area contributed by atoms with E-state index in [1.165, 1.54) is 0 Å². The van der Waals surface area contributed by atoms with Gasteiger partial charge in [-0.05, 0) is 48.4 Å². The molecule has 1 aliphatic heterocycles. The molecule has 0 N–H and O–H groups in total. The fraction of sp³-hybridized carbons (Fsp3) is 0.310. The van der Waals surface area contributed by atoms with Crippen LogP contribution in [0.4, 0.5) is 17.6 Å². The predicted molar refractivity (Wildman–Crippen MR) is 128 cm³/mol. The zero-order valence-electron chi connectivity index (χ0n) is 19.4. The van der Waals surface area contributed by atoms with Crippen LogP contribution >= 0.6 is 0 Å². The zero-order valence-corrected chi connectivity index (χ0v) is 19.4. The molecule has 0 saturated carbocycles. The van der Waals surface area contributed by atoms with Crippen LogP contribution in [-0.2, 0) is 11.2 Å². The summed E-state index contributed by atoms with van der Waals surface area (Å²) in [6, 6.07) is 12.7. The van der Waals surface area contributed by atoms with E-state index in [0.29, 0.717) is 35.3 Å². The lowest BCUT2D eigenvalue weighted by Gasteiger charge is -2.28. The Morgan fingerprint density at radius 3 is 1.97 bits per heavy atom. The van der Waals surface area contributed by atoms with Crippen LogP contribution in [-0.4, -0.2) is 12.7 Å². The minimum atomic E-state index is -0.915. The Morgan fingerprint density at radius 1 is 0.794 bits per heavy atom. The molecule has 3 aromatic carbocycles. The fourth-order valence-corrected chi connectivity index (χ4v) is 4.59. The molecule has 1 nitrogen and oxygen atoms in total. The van der Waals surface area contributed by atoms with Crippen molar-refractivity contribution in [3.63, 3.8) is 0 Å². The quantitative estimate of drug-likeness (QED) is 0.261. The zero-order chi connectivity index (χ0) is 24.2. The number of hydrogen-bond donors (Lipinski definition) is 0. The first-order valence-corrected chi connectivity index (χ1v) is 11.7. The molecule has 1 aliphatic rings. The van der Waals surface area contributed by atoms with E-state index in [0.717, 1.165) is 19.3 Å². The van der Waals surface area contributed by atoms with Gasteiger partial charge in [-0.2, -0.15) is 0 Å². The van der Waals surface area contributed by atoms with Crippen molar-refractivity contribution in [1.29, 1.82) is 0 Å². The summed E-state index contributed by atoms with van der Waals surface area (Å²) >= 11 is 0. The van der Waals surface area contributed by atoms with Crippen molar-refractivity contribution in [1.82, 2.24) is 0 Å². The smallest absolute Gasteiger partial charge is 0.166 e. The summed E-state index contributed by atoms with van der Waals surface area (Å²) in [5.74, 6) is -3.70. The molecule has 0 aliphatic carbocycles. The standard InChI is InChI=1S/C29H28F4O/c1-3-5-20-12-14-23(27(31)26(20)30)18-7-9-19(10-8-18)24-15-16-25(29(33)28(24)32)21-11-13-22(6-4-2)34-17-21/h4,6-10,12,14-16,21-22H,3,5,11,13,17H2,1-2H3. The van der Waals surface area contributed by atoms with Crippen LogP contribution in [0.2, 0.25) is 0 Å². The third-order valence-electron chi connectivity index (χ3n) is 6.46. The second kappa shape index (κ2) is 10.6. The number of benzene rings is 3. The number of rotatable bonds is 6. The number of hydrogen-bond acceptors (Lipinski definition) is 1. The summed E-state index contributed by atoms with van der Waals surface area (Å²) in [7, 11) is 0. The molecule has 3 aromatic rings. The van der Waals surface area contributed by atoms with Crippen LogP contribution in [0.15, 0.2) is 60.7 Å². The second-order valence-electron chi connectivity index (χ2n) is 8.73. The average molecular weight is 469 g/mol. The molecular weight excluding hydrogens is 440 g/mol. The molecule has 0 spiro atoms. The average Bonchev–Trinajstić information content (AvgIpc) is 2.85. The topological polar surface area (TPSA) is 9.23 Å². The first-order chi connectivity index (χ1) is 16.4. The van der Waals surface area contributed by atoms with E-state index in [9.17, 15) is 13.2 Å². The Hall–Kier alpha value is -2.92. The van der Waals surface area contributed by atoms with Crippen LogP contribution in [0.25, 0.3) is 22.3 Å². The van der Waals surface area contributed by atoms with E-state index in [4.69, 9.17) is 4.74 Å². The maximum atomic E-state index is 15.0. The largest absolute Gasteiger partial charge is 0.374 e. The molecule has 0 aromatic heterocycles. The number of halogens is 4. The Balaban J connectivity index is 1.57. The summed E-state index contributed by atoms with van der Waals surface area (Å²) in [5.41, 5.74) is 1.86. The Bertz CT molecular complexity index is 1180. The minimum Gasteiger partial charge on any atom is -0.374 e. The van der Waals surface area contributed by atoms with Crippen molar-refractivity contribution in [2.24, 2.45) is 0 Å². The molecule has 2 atom stereocenters. The van der Waals surface area contributed by atoms with Gasteiger partial charge in [-0.25, -0.2) is 17.6 Å².